The molecule has 6 heteroatoms. The zero-order valence-corrected chi connectivity index (χ0v) is 13.3. The molecule has 1 aliphatic heterocycles. The van der Waals surface area contributed by atoms with Crippen molar-refractivity contribution in [1.82, 2.24) is 4.90 Å². The van der Waals surface area contributed by atoms with E-state index in [2.05, 4.69) is 0 Å². The maximum atomic E-state index is 12.3. The predicted molar refractivity (Wildman–Crippen MR) is 79.8 cm³/mol. The molecule has 2 rings (SSSR count). The number of carbonyl (C=O) groups excluding carboxylic acids is 2. The lowest BCUT2D eigenvalue weighted by atomic mass is 10.0. The van der Waals surface area contributed by atoms with Crippen LogP contribution in [0.5, 0.6) is 11.5 Å². The van der Waals surface area contributed by atoms with Gasteiger partial charge in [0.05, 0.1) is 32.9 Å². The van der Waals surface area contributed by atoms with Crippen LogP contribution in [0, 0.1) is 0 Å². The van der Waals surface area contributed by atoms with E-state index >= 15 is 0 Å². The number of carbonyl (C=O) groups is 2. The van der Waals surface area contributed by atoms with Gasteiger partial charge in [-0.05, 0) is 25.5 Å². The first kappa shape index (κ1) is 16.1. The summed E-state index contributed by atoms with van der Waals surface area (Å²) in [5.41, 5.74) is 0.747. The minimum Gasteiger partial charge on any atom is -0.496 e. The molecule has 0 radical (unpaired) electrons. The van der Waals surface area contributed by atoms with Crippen LogP contribution in [0.2, 0.25) is 0 Å². The minimum absolute atomic E-state index is 0.0733. The zero-order valence-electron chi connectivity index (χ0n) is 13.3. The number of rotatable bonds is 5. The zero-order chi connectivity index (χ0) is 16.3. The summed E-state index contributed by atoms with van der Waals surface area (Å²) in [4.78, 5) is 25.8. The van der Waals surface area contributed by atoms with Crippen molar-refractivity contribution in [2.24, 2.45) is 0 Å². The molecule has 0 spiro atoms. The summed E-state index contributed by atoms with van der Waals surface area (Å²) in [5.74, 6) is 0.771. The summed E-state index contributed by atoms with van der Waals surface area (Å²) in [7, 11) is 4.46. The largest absolute Gasteiger partial charge is 0.496 e. The fourth-order valence-corrected chi connectivity index (χ4v) is 2.99. The Morgan fingerprint density at radius 2 is 1.82 bits per heavy atom. The van der Waals surface area contributed by atoms with E-state index in [1.54, 1.807) is 19.1 Å². The number of amides is 1. The van der Waals surface area contributed by atoms with Crippen molar-refractivity contribution in [3.8, 4) is 11.5 Å². The van der Waals surface area contributed by atoms with Crippen LogP contribution >= 0.6 is 0 Å². The molecule has 1 aliphatic rings. The number of esters is 1. The van der Waals surface area contributed by atoms with Gasteiger partial charge in [0.15, 0.2) is 0 Å². The highest BCUT2D eigenvalue weighted by Gasteiger charge is 2.41. The number of nitrogens with zero attached hydrogens (tertiary/aromatic N) is 1. The molecule has 1 heterocycles. The van der Waals surface area contributed by atoms with E-state index in [9.17, 15) is 9.59 Å². The molecular formula is C16H21NO5. The summed E-state index contributed by atoms with van der Waals surface area (Å²) < 4.78 is 15.6. The van der Waals surface area contributed by atoms with Crippen LogP contribution in [0.3, 0.4) is 0 Å². The van der Waals surface area contributed by atoms with E-state index in [4.69, 9.17) is 14.2 Å². The van der Waals surface area contributed by atoms with E-state index in [0.29, 0.717) is 24.3 Å². The summed E-state index contributed by atoms with van der Waals surface area (Å²) in [6.45, 7) is 1.86. The number of hydrogen-bond acceptors (Lipinski definition) is 5. The fraction of sp³-hybridized carbons (Fsp3) is 0.500. The molecule has 0 aliphatic carbocycles. The second-order valence-corrected chi connectivity index (χ2v) is 5.13. The number of hydrogen-bond donors (Lipinski definition) is 0. The number of benzene rings is 1. The van der Waals surface area contributed by atoms with Gasteiger partial charge in [-0.3, -0.25) is 4.79 Å². The fourth-order valence-electron chi connectivity index (χ4n) is 2.99. The third kappa shape index (κ3) is 2.73. The molecule has 120 valence electrons. The Balaban J connectivity index is 2.43. The highest BCUT2D eigenvalue weighted by Crippen LogP contribution is 2.40. The SMILES string of the molecule is COC(=O)C1CCC(=O)N1C(C)c1c(OC)cccc1OC. The van der Waals surface area contributed by atoms with Gasteiger partial charge >= 0.3 is 5.97 Å². The summed E-state index contributed by atoms with van der Waals surface area (Å²) >= 11 is 0. The monoisotopic (exact) mass is 307 g/mol. The third-order valence-corrected chi connectivity index (χ3v) is 4.03. The Bertz CT molecular complexity index is 549. The molecule has 1 aromatic rings. The Kier molecular flexibility index (Phi) is 4.90. The first-order chi connectivity index (χ1) is 10.5. The van der Waals surface area contributed by atoms with Gasteiger partial charge in [0.25, 0.3) is 0 Å². The van der Waals surface area contributed by atoms with Gasteiger partial charge in [-0.2, -0.15) is 0 Å². The number of methoxy groups -OCH3 is 3. The van der Waals surface area contributed by atoms with Crippen LogP contribution < -0.4 is 9.47 Å². The van der Waals surface area contributed by atoms with Crippen LogP contribution in [0.15, 0.2) is 18.2 Å². The van der Waals surface area contributed by atoms with E-state index in [1.165, 1.54) is 7.11 Å². The highest BCUT2D eigenvalue weighted by molar-refractivity contribution is 5.88. The second-order valence-electron chi connectivity index (χ2n) is 5.13. The van der Waals surface area contributed by atoms with Gasteiger partial charge < -0.3 is 19.1 Å². The predicted octanol–water partition coefficient (Wildman–Crippen LogP) is 1.93. The van der Waals surface area contributed by atoms with Crippen LogP contribution in [0.1, 0.15) is 31.4 Å². The molecule has 0 bridgehead atoms. The number of likely N-dealkylation sites (tertiary alicyclic amines) is 1. The van der Waals surface area contributed by atoms with Crippen molar-refractivity contribution in [2.45, 2.75) is 31.8 Å². The first-order valence-electron chi connectivity index (χ1n) is 7.15. The number of ether oxygens (including phenoxy) is 3. The van der Waals surface area contributed by atoms with Crippen molar-refractivity contribution < 1.29 is 23.8 Å². The van der Waals surface area contributed by atoms with Crippen molar-refractivity contribution in [3.63, 3.8) is 0 Å². The lowest BCUT2D eigenvalue weighted by molar-refractivity contribution is -0.150. The van der Waals surface area contributed by atoms with E-state index in [-0.39, 0.29) is 11.9 Å². The molecule has 1 fully saturated rings. The molecule has 1 saturated heterocycles. The van der Waals surface area contributed by atoms with E-state index in [1.807, 2.05) is 25.1 Å². The van der Waals surface area contributed by atoms with Crippen molar-refractivity contribution in [2.75, 3.05) is 21.3 Å². The maximum absolute atomic E-state index is 12.3. The molecule has 1 amide bonds. The van der Waals surface area contributed by atoms with Crippen molar-refractivity contribution in [3.05, 3.63) is 23.8 Å². The van der Waals surface area contributed by atoms with Crippen LogP contribution in [-0.2, 0) is 14.3 Å². The maximum Gasteiger partial charge on any atom is 0.328 e. The molecule has 0 saturated carbocycles. The highest BCUT2D eigenvalue weighted by atomic mass is 16.5. The van der Waals surface area contributed by atoms with Crippen LogP contribution in [-0.4, -0.2) is 44.1 Å². The average molecular weight is 307 g/mol. The van der Waals surface area contributed by atoms with Gasteiger partial charge in [0.1, 0.15) is 17.5 Å². The standard InChI is InChI=1S/C16H21NO5/c1-10(15-12(20-2)6-5-7-13(15)21-3)17-11(16(19)22-4)8-9-14(17)18/h5-7,10-11H,8-9H2,1-4H3. The molecule has 22 heavy (non-hydrogen) atoms. The van der Waals surface area contributed by atoms with E-state index in [0.717, 1.165) is 5.56 Å². The van der Waals surface area contributed by atoms with Gasteiger partial charge in [-0.1, -0.05) is 6.07 Å². The third-order valence-electron chi connectivity index (χ3n) is 4.03. The Morgan fingerprint density at radius 1 is 1.23 bits per heavy atom. The lowest BCUT2D eigenvalue weighted by Gasteiger charge is -2.31. The molecule has 0 N–H and O–H groups in total. The summed E-state index contributed by atoms with van der Waals surface area (Å²) in [6, 6.07) is 4.51. The van der Waals surface area contributed by atoms with Crippen LogP contribution in [0.25, 0.3) is 0 Å². The Morgan fingerprint density at radius 3 is 2.32 bits per heavy atom. The molecule has 2 atom stereocenters. The quantitative estimate of drug-likeness (QED) is 0.778. The molecule has 2 unspecified atom stereocenters. The van der Waals surface area contributed by atoms with Gasteiger partial charge in [0.2, 0.25) is 5.91 Å². The topological polar surface area (TPSA) is 65.1 Å². The Hall–Kier alpha value is -2.24. The normalized spacial score (nSPS) is 19.0. The molecule has 6 nitrogen and oxygen atoms in total. The van der Waals surface area contributed by atoms with Crippen LogP contribution in [0.4, 0.5) is 0 Å². The minimum atomic E-state index is -0.567. The van der Waals surface area contributed by atoms with Gasteiger partial charge in [0, 0.05) is 6.42 Å². The second kappa shape index (κ2) is 6.68. The average Bonchev–Trinajstić information content (AvgIpc) is 2.94. The van der Waals surface area contributed by atoms with Crippen molar-refractivity contribution in [1.29, 1.82) is 0 Å². The molecule has 1 aromatic carbocycles. The molecular weight excluding hydrogens is 286 g/mol. The van der Waals surface area contributed by atoms with Crippen molar-refractivity contribution >= 4 is 11.9 Å². The van der Waals surface area contributed by atoms with Gasteiger partial charge in [-0.15, -0.1) is 0 Å². The van der Waals surface area contributed by atoms with E-state index < -0.39 is 12.0 Å². The smallest absolute Gasteiger partial charge is 0.328 e. The lowest BCUT2D eigenvalue weighted by Crippen LogP contribution is -2.41. The Labute approximate surface area is 129 Å². The molecule has 0 aromatic heterocycles. The summed E-state index contributed by atoms with van der Waals surface area (Å²) in [5, 5.41) is 0. The van der Waals surface area contributed by atoms with Gasteiger partial charge in [-0.25, -0.2) is 4.79 Å². The first-order valence-corrected chi connectivity index (χ1v) is 7.15. The summed E-state index contributed by atoms with van der Waals surface area (Å²) in [6.07, 6.45) is 0.800.